The van der Waals surface area contributed by atoms with Crippen molar-refractivity contribution in [3.63, 3.8) is 0 Å². The molecule has 0 saturated heterocycles. The minimum atomic E-state index is -0.294. The van der Waals surface area contributed by atoms with E-state index in [9.17, 15) is 4.39 Å². The molecule has 0 amide bonds. The van der Waals surface area contributed by atoms with Crippen molar-refractivity contribution in [1.29, 1.82) is 0 Å². The van der Waals surface area contributed by atoms with E-state index in [4.69, 9.17) is 5.73 Å². The van der Waals surface area contributed by atoms with Gasteiger partial charge in [-0.1, -0.05) is 6.07 Å². The summed E-state index contributed by atoms with van der Waals surface area (Å²) in [4.78, 5) is 6.53. The number of benzene rings is 1. The number of aryl methyl sites for hydroxylation is 1. The summed E-state index contributed by atoms with van der Waals surface area (Å²) in [7, 11) is 1.98. The van der Waals surface area contributed by atoms with E-state index in [1.165, 1.54) is 12.1 Å². The number of nitrogens with two attached hydrogens (primary N) is 1. The van der Waals surface area contributed by atoms with Gasteiger partial charge in [0.15, 0.2) is 0 Å². The highest BCUT2D eigenvalue weighted by Gasteiger charge is 2.05. The number of anilines is 1. The largest absolute Gasteiger partial charge is 0.399 e. The number of pyridine rings is 1. The molecule has 2 rings (SSSR count). The van der Waals surface area contributed by atoms with E-state index in [0.717, 1.165) is 23.5 Å². The monoisotopic (exact) mass is 259 g/mol. The summed E-state index contributed by atoms with van der Waals surface area (Å²) in [6.07, 6.45) is 0. The standard InChI is InChI=1S/C15H18FN3/c1-11-4-3-5-15(18-11)10-19(2)9-12-6-13(16)8-14(17)7-12/h3-8H,9-10,17H2,1-2H3. The number of hydrogen-bond donors (Lipinski definition) is 1. The number of halogens is 1. The van der Waals surface area contributed by atoms with Gasteiger partial charge < -0.3 is 5.73 Å². The smallest absolute Gasteiger partial charge is 0.125 e. The molecule has 1 aromatic heterocycles. The molecule has 0 fully saturated rings. The second-order valence-electron chi connectivity index (χ2n) is 4.84. The summed E-state index contributed by atoms with van der Waals surface area (Å²) in [5.74, 6) is -0.294. The van der Waals surface area contributed by atoms with Crippen LogP contribution in [-0.2, 0) is 13.1 Å². The van der Waals surface area contributed by atoms with Gasteiger partial charge in [0, 0.05) is 24.5 Å². The first kappa shape index (κ1) is 13.5. The van der Waals surface area contributed by atoms with Crippen LogP contribution < -0.4 is 5.73 Å². The van der Waals surface area contributed by atoms with Crippen molar-refractivity contribution < 1.29 is 4.39 Å². The fourth-order valence-corrected chi connectivity index (χ4v) is 2.10. The van der Waals surface area contributed by atoms with Gasteiger partial charge in [0.25, 0.3) is 0 Å². The van der Waals surface area contributed by atoms with Crippen LogP contribution in [-0.4, -0.2) is 16.9 Å². The third-order valence-corrected chi connectivity index (χ3v) is 2.81. The van der Waals surface area contributed by atoms with Crippen LogP contribution in [0, 0.1) is 12.7 Å². The van der Waals surface area contributed by atoms with Gasteiger partial charge in [-0.05, 0) is 49.9 Å². The predicted molar refractivity (Wildman–Crippen MR) is 75.0 cm³/mol. The fraction of sp³-hybridized carbons (Fsp3) is 0.267. The molecule has 3 nitrogen and oxygen atoms in total. The summed E-state index contributed by atoms with van der Waals surface area (Å²) >= 11 is 0. The quantitative estimate of drug-likeness (QED) is 0.858. The van der Waals surface area contributed by atoms with Gasteiger partial charge >= 0.3 is 0 Å². The van der Waals surface area contributed by atoms with Gasteiger partial charge in [0.2, 0.25) is 0 Å². The van der Waals surface area contributed by atoms with Crippen molar-refractivity contribution in [2.45, 2.75) is 20.0 Å². The van der Waals surface area contributed by atoms with E-state index in [1.807, 2.05) is 32.2 Å². The fourth-order valence-electron chi connectivity index (χ4n) is 2.10. The lowest BCUT2D eigenvalue weighted by Crippen LogP contribution is -2.18. The predicted octanol–water partition coefficient (Wildman–Crippen LogP) is 2.74. The number of nitrogens with zero attached hydrogens (tertiary/aromatic N) is 2. The van der Waals surface area contributed by atoms with E-state index >= 15 is 0 Å². The molecule has 0 spiro atoms. The Bertz CT molecular complexity index is 549. The SMILES string of the molecule is Cc1cccc(CN(C)Cc2cc(N)cc(F)c2)n1. The van der Waals surface area contributed by atoms with E-state index in [0.29, 0.717) is 12.2 Å². The maximum atomic E-state index is 13.2. The Labute approximate surface area is 112 Å². The maximum absolute atomic E-state index is 13.2. The van der Waals surface area contributed by atoms with Gasteiger partial charge in [-0.15, -0.1) is 0 Å². The van der Waals surface area contributed by atoms with Gasteiger partial charge in [-0.25, -0.2) is 4.39 Å². The normalized spacial score (nSPS) is 10.9. The second-order valence-corrected chi connectivity index (χ2v) is 4.84. The third-order valence-electron chi connectivity index (χ3n) is 2.81. The number of aromatic nitrogens is 1. The second kappa shape index (κ2) is 5.80. The number of hydrogen-bond acceptors (Lipinski definition) is 3. The van der Waals surface area contributed by atoms with Gasteiger partial charge in [-0.3, -0.25) is 9.88 Å². The highest BCUT2D eigenvalue weighted by Crippen LogP contribution is 2.13. The average Bonchev–Trinajstić information content (AvgIpc) is 2.26. The zero-order valence-corrected chi connectivity index (χ0v) is 11.2. The van der Waals surface area contributed by atoms with Crippen LogP contribution in [0.25, 0.3) is 0 Å². The lowest BCUT2D eigenvalue weighted by atomic mass is 10.2. The van der Waals surface area contributed by atoms with E-state index in [2.05, 4.69) is 9.88 Å². The molecule has 0 bridgehead atoms. The van der Waals surface area contributed by atoms with E-state index < -0.39 is 0 Å². The highest BCUT2D eigenvalue weighted by molar-refractivity contribution is 5.41. The Balaban J connectivity index is 2.03. The van der Waals surface area contributed by atoms with Crippen molar-refractivity contribution in [3.8, 4) is 0 Å². The van der Waals surface area contributed by atoms with Crippen LogP contribution in [0.2, 0.25) is 0 Å². The summed E-state index contributed by atoms with van der Waals surface area (Å²) in [5, 5.41) is 0. The lowest BCUT2D eigenvalue weighted by Gasteiger charge is -2.16. The Morgan fingerprint density at radius 1 is 1.21 bits per heavy atom. The van der Waals surface area contributed by atoms with Crippen LogP contribution in [0.3, 0.4) is 0 Å². The first-order valence-corrected chi connectivity index (χ1v) is 6.19. The molecule has 19 heavy (non-hydrogen) atoms. The zero-order valence-electron chi connectivity index (χ0n) is 11.2. The summed E-state index contributed by atoms with van der Waals surface area (Å²) in [5.41, 5.74) is 8.97. The van der Waals surface area contributed by atoms with Crippen molar-refractivity contribution in [2.75, 3.05) is 12.8 Å². The van der Waals surface area contributed by atoms with Crippen LogP contribution in [0.4, 0.5) is 10.1 Å². The Kier molecular flexibility index (Phi) is 4.12. The van der Waals surface area contributed by atoms with Crippen molar-refractivity contribution in [2.24, 2.45) is 0 Å². The summed E-state index contributed by atoms with van der Waals surface area (Å²) in [6, 6.07) is 10.6. The molecule has 0 radical (unpaired) electrons. The van der Waals surface area contributed by atoms with Crippen LogP contribution in [0.1, 0.15) is 17.0 Å². The molecular weight excluding hydrogens is 241 g/mol. The third kappa shape index (κ3) is 4.03. The summed E-state index contributed by atoms with van der Waals surface area (Å²) < 4.78 is 13.2. The molecule has 2 aromatic rings. The van der Waals surface area contributed by atoms with Gasteiger partial charge in [-0.2, -0.15) is 0 Å². The zero-order chi connectivity index (χ0) is 13.8. The van der Waals surface area contributed by atoms with Gasteiger partial charge in [0.1, 0.15) is 5.82 Å². The molecule has 0 aliphatic rings. The molecular formula is C15H18FN3. The van der Waals surface area contributed by atoms with Crippen molar-refractivity contribution in [1.82, 2.24) is 9.88 Å². The van der Waals surface area contributed by atoms with Crippen molar-refractivity contribution in [3.05, 3.63) is 59.2 Å². The summed E-state index contributed by atoms with van der Waals surface area (Å²) in [6.45, 7) is 3.33. The lowest BCUT2D eigenvalue weighted by molar-refractivity contribution is 0.314. The Hall–Kier alpha value is -1.94. The minimum Gasteiger partial charge on any atom is -0.399 e. The minimum absolute atomic E-state index is 0.294. The molecule has 4 heteroatoms. The van der Waals surface area contributed by atoms with E-state index in [-0.39, 0.29) is 5.82 Å². The van der Waals surface area contributed by atoms with E-state index in [1.54, 1.807) is 6.07 Å². The first-order valence-electron chi connectivity index (χ1n) is 6.19. The highest BCUT2D eigenvalue weighted by atomic mass is 19.1. The van der Waals surface area contributed by atoms with Crippen LogP contribution in [0.5, 0.6) is 0 Å². The Morgan fingerprint density at radius 2 is 2.00 bits per heavy atom. The molecule has 0 atom stereocenters. The molecule has 0 aliphatic heterocycles. The van der Waals surface area contributed by atoms with Crippen molar-refractivity contribution >= 4 is 5.69 Å². The first-order chi connectivity index (χ1) is 9.02. The molecule has 1 aromatic carbocycles. The maximum Gasteiger partial charge on any atom is 0.125 e. The number of nitrogen functional groups attached to an aromatic ring is 1. The molecule has 0 unspecified atom stereocenters. The molecule has 1 heterocycles. The molecule has 2 N–H and O–H groups in total. The average molecular weight is 259 g/mol. The van der Waals surface area contributed by atoms with Crippen LogP contribution >= 0.6 is 0 Å². The van der Waals surface area contributed by atoms with Gasteiger partial charge in [0.05, 0.1) is 5.69 Å². The topological polar surface area (TPSA) is 42.1 Å². The molecule has 0 saturated carbocycles. The van der Waals surface area contributed by atoms with Crippen LogP contribution in [0.15, 0.2) is 36.4 Å². The molecule has 0 aliphatic carbocycles. The number of rotatable bonds is 4. The Morgan fingerprint density at radius 3 is 2.68 bits per heavy atom. The molecule has 100 valence electrons.